The minimum Gasteiger partial charge on any atom is -0.550 e. The third kappa shape index (κ3) is 4.14. The van der Waals surface area contributed by atoms with Crippen molar-refractivity contribution in [1.82, 2.24) is 0 Å². The lowest BCUT2D eigenvalue weighted by Gasteiger charge is -2.43. The van der Waals surface area contributed by atoms with E-state index in [1.165, 1.54) is 16.0 Å². The van der Waals surface area contributed by atoms with Crippen molar-refractivity contribution in [1.29, 1.82) is 0 Å². The van der Waals surface area contributed by atoms with Crippen molar-refractivity contribution in [2.75, 3.05) is 27.2 Å². The second-order valence-electron chi connectivity index (χ2n) is 7.88. The van der Waals surface area contributed by atoms with E-state index < -0.39 is 17.8 Å². The van der Waals surface area contributed by atoms with Gasteiger partial charge in [-0.3, -0.25) is 4.79 Å². The Morgan fingerprint density at radius 2 is 1.96 bits per heavy atom. The van der Waals surface area contributed by atoms with Crippen molar-refractivity contribution in [2.24, 2.45) is 17.3 Å². The van der Waals surface area contributed by atoms with Crippen LogP contribution in [-0.4, -0.2) is 39.2 Å². The van der Waals surface area contributed by atoms with E-state index in [1.807, 2.05) is 14.1 Å². The minimum absolute atomic E-state index is 0.0524. The topological polar surface area (TPSA) is 70.9 Å². The van der Waals surface area contributed by atoms with Gasteiger partial charge in [-0.2, -0.15) is 0 Å². The van der Waals surface area contributed by atoms with Crippen LogP contribution >= 0.6 is 0 Å². The zero-order valence-electron chi connectivity index (χ0n) is 14.7. The molecule has 2 unspecified atom stereocenters. The van der Waals surface area contributed by atoms with Crippen LogP contribution in [0.2, 0.25) is 0 Å². The van der Waals surface area contributed by atoms with Crippen LogP contribution in [0, 0.1) is 17.3 Å². The van der Waals surface area contributed by atoms with Gasteiger partial charge in [-0.15, -0.1) is 0 Å². The molecule has 0 saturated heterocycles. The first-order chi connectivity index (χ1) is 10.7. The molecule has 0 radical (unpaired) electrons. The number of allylic oxidation sites excluding steroid dienone is 2. The molecule has 23 heavy (non-hydrogen) atoms. The summed E-state index contributed by atoms with van der Waals surface area (Å²) in [5, 5.41) is 11.5. The summed E-state index contributed by atoms with van der Waals surface area (Å²) in [5.74, 6) is -2.86. The number of carbonyl (C=O) groups is 2. The van der Waals surface area contributed by atoms with E-state index in [0.717, 1.165) is 19.3 Å². The van der Waals surface area contributed by atoms with Crippen LogP contribution in [-0.2, 0) is 14.3 Å². The van der Waals surface area contributed by atoms with Crippen molar-refractivity contribution in [3.05, 3.63) is 11.1 Å². The van der Waals surface area contributed by atoms with Crippen molar-refractivity contribution < 1.29 is 24.3 Å². The molecule has 0 fully saturated rings. The van der Waals surface area contributed by atoms with Crippen LogP contribution in [0.25, 0.3) is 0 Å². The molecule has 1 N–H and O–H groups in total. The van der Waals surface area contributed by atoms with Gasteiger partial charge < -0.3 is 19.5 Å². The smallest absolute Gasteiger partial charge is 0.310 e. The van der Waals surface area contributed by atoms with Gasteiger partial charge >= 0.3 is 5.97 Å². The first kappa shape index (κ1) is 18.0. The summed E-state index contributed by atoms with van der Waals surface area (Å²) < 4.78 is 5.35. The van der Waals surface area contributed by atoms with E-state index in [1.54, 1.807) is 0 Å². The lowest BCUT2D eigenvalue weighted by Crippen LogP contribution is -3.06. The molecule has 5 nitrogen and oxygen atoms in total. The number of carboxylic acid groups (broad SMARTS) is 1. The highest BCUT2D eigenvalue weighted by atomic mass is 16.5. The number of ether oxygens (including phenoxy) is 1. The molecule has 0 amide bonds. The number of aliphatic carboxylic acids is 1. The van der Waals surface area contributed by atoms with Crippen molar-refractivity contribution in [2.45, 2.75) is 46.0 Å². The van der Waals surface area contributed by atoms with Gasteiger partial charge in [0.15, 0.2) is 0 Å². The molecule has 2 rings (SSSR count). The van der Waals surface area contributed by atoms with Gasteiger partial charge in [0.25, 0.3) is 0 Å². The summed E-state index contributed by atoms with van der Waals surface area (Å²) in [6.07, 6.45) is 4.09. The van der Waals surface area contributed by atoms with Crippen molar-refractivity contribution in [3.8, 4) is 0 Å². The number of esters is 1. The van der Waals surface area contributed by atoms with Gasteiger partial charge in [0, 0.05) is 11.9 Å². The Morgan fingerprint density at radius 3 is 2.57 bits per heavy atom. The SMILES string of the molecule is C[NH+](C)CCOC(=O)C1CC2=C(CCCC2(C)C)CC1C(=O)[O-]. The van der Waals surface area contributed by atoms with E-state index in [9.17, 15) is 14.7 Å². The first-order valence-corrected chi connectivity index (χ1v) is 8.60. The Morgan fingerprint density at radius 1 is 1.26 bits per heavy atom. The molecule has 0 aliphatic heterocycles. The zero-order valence-corrected chi connectivity index (χ0v) is 14.7. The number of nitrogens with one attached hydrogen (secondary N) is 1. The van der Waals surface area contributed by atoms with Crippen LogP contribution in [0.4, 0.5) is 0 Å². The lowest BCUT2D eigenvalue weighted by molar-refractivity contribution is -0.858. The number of hydrogen-bond acceptors (Lipinski definition) is 4. The van der Waals surface area contributed by atoms with E-state index in [-0.39, 0.29) is 11.4 Å². The van der Waals surface area contributed by atoms with E-state index in [0.29, 0.717) is 26.0 Å². The van der Waals surface area contributed by atoms with Gasteiger partial charge in [0.1, 0.15) is 13.2 Å². The number of quaternary nitrogens is 1. The molecule has 0 spiro atoms. The molecule has 2 aliphatic carbocycles. The molecule has 2 aliphatic rings. The summed E-state index contributed by atoms with van der Waals surface area (Å²) in [6.45, 7) is 5.43. The average Bonchev–Trinajstić information content (AvgIpc) is 2.45. The molecule has 0 bridgehead atoms. The lowest BCUT2D eigenvalue weighted by atomic mass is 9.63. The van der Waals surface area contributed by atoms with Crippen LogP contribution in [0.3, 0.4) is 0 Å². The number of carbonyl (C=O) groups excluding carboxylic acids is 2. The highest BCUT2D eigenvalue weighted by molar-refractivity contribution is 5.81. The summed E-state index contributed by atoms with van der Waals surface area (Å²) in [6, 6.07) is 0. The predicted molar refractivity (Wildman–Crippen MR) is 84.5 cm³/mol. The molecule has 0 aromatic heterocycles. The van der Waals surface area contributed by atoms with Gasteiger partial charge in [-0.1, -0.05) is 25.0 Å². The highest BCUT2D eigenvalue weighted by Crippen LogP contribution is 2.49. The highest BCUT2D eigenvalue weighted by Gasteiger charge is 2.42. The standard InChI is InChI=1S/C18H29NO4/c1-18(2)7-5-6-12-10-13(16(20)21)14(11-15(12)18)17(22)23-9-8-19(3)4/h13-14H,5-11H2,1-4H3,(H,20,21). The summed E-state index contributed by atoms with van der Waals surface area (Å²) in [4.78, 5) is 25.2. The van der Waals surface area contributed by atoms with Gasteiger partial charge in [-0.25, -0.2) is 0 Å². The van der Waals surface area contributed by atoms with Gasteiger partial charge in [0.05, 0.1) is 20.0 Å². The third-order valence-corrected chi connectivity index (χ3v) is 5.35. The fourth-order valence-corrected chi connectivity index (χ4v) is 3.90. The minimum atomic E-state index is -1.12. The van der Waals surface area contributed by atoms with Crippen LogP contribution in [0.1, 0.15) is 46.0 Å². The second-order valence-corrected chi connectivity index (χ2v) is 7.88. The van der Waals surface area contributed by atoms with Crippen LogP contribution in [0.5, 0.6) is 0 Å². The molecule has 0 heterocycles. The largest absolute Gasteiger partial charge is 0.550 e. The summed E-state index contributed by atoms with van der Waals surface area (Å²) in [7, 11) is 3.97. The van der Waals surface area contributed by atoms with Gasteiger partial charge in [0.2, 0.25) is 0 Å². The van der Waals surface area contributed by atoms with Crippen LogP contribution < -0.4 is 10.0 Å². The molecule has 0 aromatic carbocycles. The Bertz CT molecular complexity index is 507. The number of hydrogen-bond donors (Lipinski definition) is 1. The maximum atomic E-state index is 12.4. The molecular weight excluding hydrogens is 294 g/mol. The van der Waals surface area contributed by atoms with Gasteiger partial charge in [-0.05, 0) is 37.5 Å². The molecule has 2 atom stereocenters. The van der Waals surface area contributed by atoms with Crippen molar-refractivity contribution in [3.63, 3.8) is 0 Å². The quantitative estimate of drug-likeness (QED) is 0.569. The monoisotopic (exact) mass is 323 g/mol. The number of carboxylic acids is 1. The molecule has 0 saturated carbocycles. The molecular formula is C18H29NO4. The maximum absolute atomic E-state index is 12.4. The molecule has 0 aromatic rings. The Balaban J connectivity index is 2.15. The third-order valence-electron chi connectivity index (χ3n) is 5.35. The Labute approximate surface area is 138 Å². The second kappa shape index (κ2) is 7.04. The van der Waals surface area contributed by atoms with E-state index in [2.05, 4.69) is 13.8 Å². The van der Waals surface area contributed by atoms with Crippen LogP contribution in [0.15, 0.2) is 11.1 Å². The van der Waals surface area contributed by atoms with E-state index >= 15 is 0 Å². The number of likely N-dealkylation sites (N-methyl/N-ethyl adjacent to an activating group) is 1. The summed E-state index contributed by atoms with van der Waals surface area (Å²) >= 11 is 0. The van der Waals surface area contributed by atoms with Crippen molar-refractivity contribution >= 4 is 11.9 Å². The Hall–Kier alpha value is -1.36. The van der Waals surface area contributed by atoms with E-state index in [4.69, 9.17) is 4.74 Å². The first-order valence-electron chi connectivity index (χ1n) is 8.60. The maximum Gasteiger partial charge on any atom is 0.310 e. The fraction of sp³-hybridized carbons (Fsp3) is 0.778. The summed E-state index contributed by atoms with van der Waals surface area (Å²) in [5.41, 5.74) is 2.57. The average molecular weight is 323 g/mol. The predicted octanol–water partition coefficient (Wildman–Crippen LogP) is -0.0431. The fourth-order valence-electron chi connectivity index (χ4n) is 3.90. The number of rotatable bonds is 5. The molecule has 130 valence electrons. The molecule has 5 heteroatoms. The normalized spacial score (nSPS) is 26.8. The zero-order chi connectivity index (χ0) is 17.2. The Kier molecular flexibility index (Phi) is 5.50.